The van der Waals surface area contributed by atoms with E-state index in [4.69, 9.17) is 0 Å². The van der Waals surface area contributed by atoms with Gasteiger partial charge in [0.15, 0.2) is 0 Å². The third-order valence-electron chi connectivity index (χ3n) is 3.82. The highest BCUT2D eigenvalue weighted by atomic mass is 16.2. The van der Waals surface area contributed by atoms with Crippen molar-refractivity contribution >= 4 is 11.6 Å². The lowest BCUT2D eigenvalue weighted by Gasteiger charge is -2.22. The van der Waals surface area contributed by atoms with Crippen LogP contribution in [-0.2, 0) is 0 Å². The molecule has 1 amide bonds. The molecule has 2 rings (SSSR count). The molecule has 0 unspecified atom stereocenters. The molecule has 0 aromatic heterocycles. The fourth-order valence-electron chi connectivity index (χ4n) is 2.75. The lowest BCUT2D eigenvalue weighted by Crippen LogP contribution is -2.31. The van der Waals surface area contributed by atoms with Gasteiger partial charge in [0.25, 0.3) is 5.91 Å². The van der Waals surface area contributed by atoms with Crippen molar-refractivity contribution < 1.29 is 4.79 Å². The number of benzene rings is 1. The molecule has 0 atom stereocenters. The Morgan fingerprint density at radius 3 is 2.26 bits per heavy atom. The first kappa shape index (κ1) is 13.9. The second-order valence-electron chi connectivity index (χ2n) is 5.60. The van der Waals surface area contributed by atoms with Crippen LogP contribution in [0.5, 0.6) is 0 Å². The summed E-state index contributed by atoms with van der Waals surface area (Å²) in [5.74, 6) is 0.190. The van der Waals surface area contributed by atoms with Crippen molar-refractivity contribution in [1.29, 1.82) is 0 Å². The molecule has 1 aliphatic heterocycles. The summed E-state index contributed by atoms with van der Waals surface area (Å²) >= 11 is 0. The summed E-state index contributed by atoms with van der Waals surface area (Å²) in [6.45, 7) is 3.88. The molecule has 3 nitrogen and oxygen atoms in total. The quantitative estimate of drug-likeness (QED) is 0.816. The fourth-order valence-corrected chi connectivity index (χ4v) is 2.75. The highest BCUT2D eigenvalue weighted by molar-refractivity contribution is 5.95. The number of aryl methyl sites for hydroxylation is 1. The van der Waals surface area contributed by atoms with Crippen LogP contribution in [0.2, 0.25) is 0 Å². The van der Waals surface area contributed by atoms with Gasteiger partial charge in [-0.3, -0.25) is 4.79 Å². The van der Waals surface area contributed by atoms with Gasteiger partial charge in [-0.25, -0.2) is 0 Å². The molecule has 19 heavy (non-hydrogen) atoms. The Morgan fingerprint density at radius 2 is 1.74 bits per heavy atom. The van der Waals surface area contributed by atoms with E-state index >= 15 is 0 Å². The Hall–Kier alpha value is -1.51. The molecule has 0 aliphatic carbocycles. The van der Waals surface area contributed by atoms with Crippen LogP contribution in [0.25, 0.3) is 0 Å². The molecule has 0 bridgehead atoms. The Balaban J connectivity index is 2.16. The van der Waals surface area contributed by atoms with E-state index in [1.54, 1.807) is 0 Å². The summed E-state index contributed by atoms with van der Waals surface area (Å²) in [5.41, 5.74) is 3.16. The molecule has 1 aromatic rings. The minimum Gasteiger partial charge on any atom is -0.377 e. The van der Waals surface area contributed by atoms with Gasteiger partial charge in [0, 0.05) is 38.4 Å². The van der Waals surface area contributed by atoms with Crippen LogP contribution < -0.4 is 4.90 Å². The van der Waals surface area contributed by atoms with E-state index in [1.807, 2.05) is 37.2 Å². The molecule has 3 heteroatoms. The number of carbonyl (C=O) groups is 1. The number of likely N-dealkylation sites (tertiary alicyclic amines) is 1. The van der Waals surface area contributed by atoms with Gasteiger partial charge in [-0.1, -0.05) is 12.8 Å². The predicted molar refractivity (Wildman–Crippen MR) is 79.9 cm³/mol. The zero-order chi connectivity index (χ0) is 13.8. The van der Waals surface area contributed by atoms with Crippen LogP contribution in [0.15, 0.2) is 18.2 Å². The van der Waals surface area contributed by atoms with E-state index in [0.29, 0.717) is 0 Å². The second kappa shape index (κ2) is 6.09. The summed E-state index contributed by atoms with van der Waals surface area (Å²) in [7, 11) is 4.05. The number of hydrogen-bond donors (Lipinski definition) is 0. The third-order valence-corrected chi connectivity index (χ3v) is 3.82. The predicted octanol–water partition coefficient (Wildman–Crippen LogP) is 3.08. The average molecular weight is 260 g/mol. The van der Waals surface area contributed by atoms with Gasteiger partial charge in [0.2, 0.25) is 0 Å². The lowest BCUT2D eigenvalue weighted by molar-refractivity contribution is 0.0761. The van der Waals surface area contributed by atoms with Crippen LogP contribution >= 0.6 is 0 Å². The number of rotatable bonds is 2. The zero-order valence-electron chi connectivity index (χ0n) is 12.3. The van der Waals surface area contributed by atoms with Gasteiger partial charge in [-0.2, -0.15) is 0 Å². The van der Waals surface area contributed by atoms with Gasteiger partial charge in [0.05, 0.1) is 0 Å². The van der Waals surface area contributed by atoms with Crippen LogP contribution in [-0.4, -0.2) is 38.0 Å². The SMILES string of the molecule is Cc1cc(C(=O)N2CCCCCC2)ccc1N(C)C. The molecule has 1 heterocycles. The van der Waals surface area contributed by atoms with Crippen LogP contribution in [0.4, 0.5) is 5.69 Å². The molecule has 1 aromatic carbocycles. The Labute approximate surface area is 116 Å². The van der Waals surface area contributed by atoms with Gasteiger partial charge in [-0.05, 0) is 43.5 Å². The monoisotopic (exact) mass is 260 g/mol. The number of nitrogens with zero attached hydrogens (tertiary/aromatic N) is 2. The molecular formula is C16H24N2O. The number of anilines is 1. The number of amides is 1. The van der Waals surface area contributed by atoms with E-state index in [2.05, 4.69) is 11.8 Å². The van der Waals surface area contributed by atoms with Crippen molar-refractivity contribution in [1.82, 2.24) is 4.90 Å². The molecule has 104 valence electrons. The Morgan fingerprint density at radius 1 is 1.11 bits per heavy atom. The fraction of sp³-hybridized carbons (Fsp3) is 0.562. The lowest BCUT2D eigenvalue weighted by atomic mass is 10.1. The van der Waals surface area contributed by atoms with E-state index in [9.17, 15) is 4.79 Å². The molecule has 1 aliphatic rings. The van der Waals surface area contributed by atoms with Gasteiger partial charge >= 0.3 is 0 Å². The van der Waals surface area contributed by atoms with Crippen molar-refractivity contribution in [2.24, 2.45) is 0 Å². The normalized spacial score (nSPS) is 16.1. The van der Waals surface area contributed by atoms with Crippen molar-refractivity contribution in [2.45, 2.75) is 32.6 Å². The maximum absolute atomic E-state index is 12.5. The zero-order valence-corrected chi connectivity index (χ0v) is 12.3. The van der Waals surface area contributed by atoms with Crippen molar-refractivity contribution in [3.05, 3.63) is 29.3 Å². The maximum Gasteiger partial charge on any atom is 0.253 e. The second-order valence-corrected chi connectivity index (χ2v) is 5.60. The minimum absolute atomic E-state index is 0.190. The summed E-state index contributed by atoms with van der Waals surface area (Å²) < 4.78 is 0. The van der Waals surface area contributed by atoms with Crippen molar-refractivity contribution in [2.75, 3.05) is 32.1 Å². The van der Waals surface area contributed by atoms with E-state index in [0.717, 1.165) is 37.1 Å². The number of carbonyl (C=O) groups excluding carboxylic acids is 1. The third kappa shape index (κ3) is 3.28. The van der Waals surface area contributed by atoms with Crippen molar-refractivity contribution in [3.63, 3.8) is 0 Å². The molecule has 1 fully saturated rings. The highest BCUT2D eigenvalue weighted by Gasteiger charge is 2.17. The molecular weight excluding hydrogens is 236 g/mol. The van der Waals surface area contributed by atoms with Crippen LogP contribution in [0.1, 0.15) is 41.6 Å². The first-order chi connectivity index (χ1) is 9.09. The summed E-state index contributed by atoms with van der Waals surface area (Å²) in [4.78, 5) is 16.6. The average Bonchev–Trinajstić information content (AvgIpc) is 2.66. The summed E-state index contributed by atoms with van der Waals surface area (Å²) in [5, 5.41) is 0. The standard InChI is InChI=1S/C16H24N2O/c1-13-12-14(8-9-15(13)17(2)3)16(19)18-10-6-4-5-7-11-18/h8-9,12H,4-7,10-11H2,1-3H3. The van der Waals surface area contributed by atoms with Gasteiger partial charge in [0.1, 0.15) is 0 Å². The molecule has 0 radical (unpaired) electrons. The molecule has 1 saturated heterocycles. The van der Waals surface area contributed by atoms with Crippen LogP contribution in [0, 0.1) is 6.92 Å². The smallest absolute Gasteiger partial charge is 0.253 e. The first-order valence-electron chi connectivity index (χ1n) is 7.17. The van der Waals surface area contributed by atoms with Crippen LogP contribution in [0.3, 0.4) is 0 Å². The minimum atomic E-state index is 0.190. The molecule has 0 N–H and O–H groups in total. The largest absolute Gasteiger partial charge is 0.377 e. The Kier molecular flexibility index (Phi) is 4.46. The topological polar surface area (TPSA) is 23.6 Å². The van der Waals surface area contributed by atoms with Gasteiger partial charge in [-0.15, -0.1) is 0 Å². The summed E-state index contributed by atoms with van der Waals surface area (Å²) in [6.07, 6.45) is 4.78. The molecule has 0 saturated carbocycles. The number of hydrogen-bond acceptors (Lipinski definition) is 2. The Bertz CT molecular complexity index is 446. The van der Waals surface area contributed by atoms with Gasteiger partial charge < -0.3 is 9.80 Å². The maximum atomic E-state index is 12.5. The van der Waals surface area contributed by atoms with Crippen molar-refractivity contribution in [3.8, 4) is 0 Å². The van der Waals surface area contributed by atoms with E-state index < -0.39 is 0 Å². The van der Waals surface area contributed by atoms with E-state index in [1.165, 1.54) is 18.5 Å². The molecule has 0 spiro atoms. The first-order valence-corrected chi connectivity index (χ1v) is 7.17. The summed E-state index contributed by atoms with van der Waals surface area (Å²) in [6, 6.07) is 6.01. The highest BCUT2D eigenvalue weighted by Crippen LogP contribution is 2.21. The van der Waals surface area contributed by atoms with E-state index in [-0.39, 0.29) is 5.91 Å².